The molecular formula is C33H48Ac2O9Si. The van der Waals surface area contributed by atoms with Crippen LogP contribution >= 0.6 is 0 Å². The molecule has 3 aliphatic carbocycles. The van der Waals surface area contributed by atoms with Crippen molar-refractivity contribution in [2.24, 2.45) is 16.7 Å². The van der Waals surface area contributed by atoms with Crippen molar-refractivity contribution in [1.82, 2.24) is 0 Å². The number of carbonyl (C=O) groups is 2. The van der Waals surface area contributed by atoms with Gasteiger partial charge in [0.05, 0.1) is 30.5 Å². The van der Waals surface area contributed by atoms with Gasteiger partial charge in [0.25, 0.3) is 0 Å². The molecule has 9 nitrogen and oxygen atoms in total. The maximum absolute atomic E-state index is 14.5. The molecule has 1 saturated heterocycles. The summed E-state index contributed by atoms with van der Waals surface area (Å²) in [6.45, 7) is 12.9. The third-order valence-corrected chi connectivity index (χ3v) is 16.6. The molecule has 12 heteroatoms. The van der Waals surface area contributed by atoms with Gasteiger partial charge in [0.1, 0.15) is 23.4 Å². The number of aliphatic hydroxyl groups is 4. The number of Topliss-reactive ketones (excluding diaryl/α,β-unsaturated/α-hetero) is 1. The molecule has 5 rings (SSSR count). The van der Waals surface area contributed by atoms with Gasteiger partial charge in [0, 0.05) is 123 Å². The molecule has 0 aromatic heterocycles. The van der Waals surface area contributed by atoms with Crippen LogP contribution in [0, 0.1) is 105 Å². The Morgan fingerprint density at radius 1 is 1.02 bits per heavy atom. The summed E-state index contributed by atoms with van der Waals surface area (Å²) in [6.07, 6.45) is -5.79. The third-order valence-electron chi connectivity index (χ3n) is 11.9. The van der Waals surface area contributed by atoms with Crippen molar-refractivity contribution >= 4 is 20.1 Å². The van der Waals surface area contributed by atoms with Crippen molar-refractivity contribution in [2.45, 2.75) is 121 Å². The van der Waals surface area contributed by atoms with Crippen molar-refractivity contribution in [1.29, 1.82) is 0 Å². The quantitative estimate of drug-likeness (QED) is 0.239. The van der Waals surface area contributed by atoms with E-state index < -0.39 is 78.5 Å². The maximum Gasteiger partial charge on any atom is 0.338 e. The summed E-state index contributed by atoms with van der Waals surface area (Å²) in [5.74, 6) is -2.51. The van der Waals surface area contributed by atoms with Gasteiger partial charge in [-0.3, -0.25) is 4.79 Å². The van der Waals surface area contributed by atoms with Crippen LogP contribution in [-0.4, -0.2) is 88.8 Å². The molecule has 3 fully saturated rings. The molecule has 45 heavy (non-hydrogen) atoms. The second-order valence-corrected chi connectivity index (χ2v) is 18.7. The Morgan fingerprint density at radius 2 is 1.60 bits per heavy atom. The average Bonchev–Trinajstić information content (AvgIpc) is 2.98. The van der Waals surface area contributed by atoms with Crippen LogP contribution in [0.1, 0.15) is 71.7 Å². The number of esters is 1. The summed E-state index contributed by atoms with van der Waals surface area (Å²) >= 11 is 0. The second-order valence-electron chi connectivity index (χ2n) is 14.0. The van der Waals surface area contributed by atoms with Crippen molar-refractivity contribution in [3.63, 3.8) is 0 Å². The zero-order chi connectivity index (χ0) is 31.8. The molecule has 1 heterocycles. The summed E-state index contributed by atoms with van der Waals surface area (Å²) in [4.78, 5) is 28.2. The molecule has 9 atom stereocenters. The van der Waals surface area contributed by atoms with Gasteiger partial charge in [-0.25, -0.2) is 4.79 Å². The van der Waals surface area contributed by atoms with E-state index >= 15 is 0 Å². The Kier molecular flexibility index (Phi) is 12.8. The van der Waals surface area contributed by atoms with Crippen LogP contribution in [0.3, 0.4) is 0 Å². The van der Waals surface area contributed by atoms with Gasteiger partial charge in [-0.1, -0.05) is 59.7 Å². The smallest absolute Gasteiger partial charge is 0.338 e. The average molecular weight is 1070 g/mol. The predicted molar refractivity (Wildman–Crippen MR) is 162 cm³/mol. The molecule has 1 unspecified atom stereocenters. The number of fused-ring (bicyclic) bond motifs is 5. The van der Waals surface area contributed by atoms with Crippen molar-refractivity contribution in [3.8, 4) is 0 Å². The van der Waals surface area contributed by atoms with Crippen molar-refractivity contribution in [3.05, 3.63) is 47.0 Å². The van der Waals surface area contributed by atoms with Crippen LogP contribution in [0.15, 0.2) is 41.5 Å². The Hall–Kier alpha value is 0.960. The van der Waals surface area contributed by atoms with Crippen molar-refractivity contribution in [2.75, 3.05) is 6.61 Å². The fourth-order valence-corrected chi connectivity index (χ4v) is 11.7. The van der Waals surface area contributed by atoms with E-state index in [1.807, 2.05) is 0 Å². The summed E-state index contributed by atoms with van der Waals surface area (Å²) < 4.78 is 19.3. The maximum atomic E-state index is 14.5. The monoisotopic (exact) mass is 1070 g/mol. The van der Waals surface area contributed by atoms with E-state index in [0.29, 0.717) is 5.57 Å². The molecule has 244 valence electrons. The van der Waals surface area contributed by atoms with E-state index in [1.165, 1.54) is 0 Å². The van der Waals surface area contributed by atoms with Gasteiger partial charge >= 0.3 is 5.97 Å². The van der Waals surface area contributed by atoms with Gasteiger partial charge < -0.3 is 34.3 Å². The number of carbonyl (C=O) groups excluding carboxylic acids is 2. The molecule has 1 aromatic rings. The van der Waals surface area contributed by atoms with Crippen LogP contribution in [0.2, 0.25) is 18.1 Å². The minimum absolute atomic E-state index is 0. The second kappa shape index (κ2) is 14.3. The molecule has 0 amide bonds. The molecule has 4 aliphatic rings. The number of hydrogen-bond donors (Lipinski definition) is 4. The van der Waals surface area contributed by atoms with E-state index in [9.17, 15) is 30.0 Å². The minimum atomic E-state index is -2.35. The fourth-order valence-electron chi connectivity index (χ4n) is 8.70. The Balaban J connectivity index is 0.00000276. The molecular weight excluding hydrogens is 1020 g/mol. The van der Waals surface area contributed by atoms with Gasteiger partial charge in [-0.15, -0.1) is 0 Å². The number of ketones is 1. The standard InChI is InChI=1S/C33H48O9Si.2Ac/c1-8-43(9-2,10-3)42-22-16-23-32(38,18-40-23)26-28(41-29(37)20-14-12-11-13-15-20)33(39)17-21(34)19(4)24(30(33,5)6)25(35)27(36)31(22,26)7;;/h11-15,21-23,26-28,34,36,38-39H,8-10,16-18H2,1-7H3;;/t21-,22-,23+,26?,27+,28-,31+,32-,33+;;/m0../s1. The summed E-state index contributed by atoms with van der Waals surface area (Å²) in [5.41, 5.74) is -5.76. The van der Waals surface area contributed by atoms with Crippen LogP contribution < -0.4 is 0 Å². The first-order valence-corrected chi connectivity index (χ1v) is 18.2. The first-order valence-electron chi connectivity index (χ1n) is 15.7. The summed E-state index contributed by atoms with van der Waals surface area (Å²) in [5, 5.41) is 48.7. The van der Waals surface area contributed by atoms with Crippen LogP contribution in [0.4, 0.5) is 0 Å². The number of ether oxygens (including phenoxy) is 2. The van der Waals surface area contributed by atoms with E-state index in [-0.39, 0.29) is 119 Å². The van der Waals surface area contributed by atoms with Gasteiger partial charge in [0.15, 0.2) is 14.1 Å². The molecule has 1 aliphatic heterocycles. The largest absolute Gasteiger partial charge is 0.455 e. The molecule has 0 spiro atoms. The Bertz CT molecular complexity index is 1300. The van der Waals surface area contributed by atoms with Crippen LogP contribution in [0.5, 0.6) is 0 Å². The third kappa shape index (κ3) is 6.07. The zero-order valence-corrected chi connectivity index (χ0v) is 38.1. The Labute approximate surface area is 339 Å². The van der Waals surface area contributed by atoms with Gasteiger partial charge in [0.2, 0.25) is 0 Å². The van der Waals surface area contributed by atoms with E-state index in [0.717, 1.165) is 18.1 Å². The topological polar surface area (TPSA) is 143 Å². The van der Waals surface area contributed by atoms with Gasteiger partial charge in [-0.05, 0) is 42.8 Å². The molecule has 1 aromatic carbocycles. The van der Waals surface area contributed by atoms with Crippen molar-refractivity contribution < 1.29 is 132 Å². The number of aliphatic hydroxyl groups excluding tert-OH is 2. The van der Waals surface area contributed by atoms with E-state index in [1.54, 1.807) is 58.0 Å². The summed E-state index contributed by atoms with van der Waals surface area (Å²) in [6, 6.07) is 10.8. The SMILES string of the molecule is CC[Si](CC)(CC)O[C@H]1C[C@H]2OC[C@@]2(O)C2[C@H](OC(=O)c3ccccc3)[C@]3(O)C[C@H](O)C(C)=C(C(=O)[C@@H](O)[C@@]21C)C3(C)C.[Ac].[Ac]. The van der Waals surface area contributed by atoms with E-state index in [2.05, 4.69) is 20.8 Å². The number of hydrogen-bond acceptors (Lipinski definition) is 9. The Morgan fingerprint density at radius 3 is 2.11 bits per heavy atom. The van der Waals surface area contributed by atoms with Crippen LogP contribution in [0.25, 0.3) is 0 Å². The summed E-state index contributed by atoms with van der Waals surface area (Å²) in [7, 11) is -2.35. The number of benzene rings is 1. The molecule has 2 saturated carbocycles. The molecule has 2 radical (unpaired) electrons. The fraction of sp³-hybridized carbons (Fsp3) is 0.697. The number of rotatable bonds is 7. The normalized spacial score (nSPS) is 38.7. The predicted octanol–water partition coefficient (Wildman–Crippen LogP) is 3.54. The molecule has 4 N–H and O–H groups in total. The van der Waals surface area contributed by atoms with Crippen LogP contribution in [-0.2, 0) is 18.7 Å². The molecule has 2 bridgehead atoms. The van der Waals surface area contributed by atoms with E-state index in [4.69, 9.17) is 13.9 Å². The first kappa shape index (κ1) is 40.4. The zero-order valence-electron chi connectivity index (χ0n) is 27.6. The minimum Gasteiger partial charge on any atom is -0.455 e. The van der Waals surface area contributed by atoms with Gasteiger partial charge in [-0.2, -0.15) is 0 Å². The first-order chi connectivity index (χ1) is 20.1.